The maximum absolute atomic E-state index is 5.17. The number of fused-ring (bicyclic) bond motifs is 9. The Morgan fingerprint density at radius 2 is 0.821 bits per heavy atom. The highest BCUT2D eigenvalue weighted by molar-refractivity contribution is 6.23. The Hall–Kier alpha value is -7.36. The van der Waals surface area contributed by atoms with Crippen LogP contribution in [0.5, 0.6) is 0 Å². The molecule has 11 aromatic rings. The van der Waals surface area contributed by atoms with Gasteiger partial charge in [-0.15, -0.1) is 0 Å². The van der Waals surface area contributed by atoms with Crippen molar-refractivity contribution < 1.29 is 0 Å². The van der Waals surface area contributed by atoms with Gasteiger partial charge in [-0.1, -0.05) is 169 Å². The van der Waals surface area contributed by atoms with Gasteiger partial charge in [0.1, 0.15) is 0 Å². The number of benzene rings is 9. The number of hydrogen-bond acceptors (Lipinski definition) is 2. The molecule has 0 unspecified atom stereocenters. The van der Waals surface area contributed by atoms with E-state index in [0.717, 1.165) is 38.6 Å². The van der Waals surface area contributed by atoms with Crippen LogP contribution in [0, 0.1) is 6.92 Å². The molecule has 3 heteroatoms. The second-order valence-corrected chi connectivity index (χ2v) is 14.3. The molecule has 2 aromatic heterocycles. The number of hydrogen-bond donors (Lipinski definition) is 0. The third kappa shape index (κ3) is 5.96. The second-order valence-electron chi connectivity index (χ2n) is 14.3. The van der Waals surface area contributed by atoms with Crippen molar-refractivity contribution in [2.45, 2.75) is 6.92 Å². The molecule has 0 saturated carbocycles. The third-order valence-corrected chi connectivity index (χ3v) is 10.8. The number of nitrogens with zero attached hydrogens (tertiary/aromatic N) is 3. The summed E-state index contributed by atoms with van der Waals surface area (Å²) in [4.78, 5) is 10.1. The van der Waals surface area contributed by atoms with E-state index in [4.69, 9.17) is 9.97 Å². The molecule has 0 aliphatic carbocycles. The first-order chi connectivity index (χ1) is 27.7. The standard InChI is InChI=1S/C35H24N2.C18H13N/c1-23-16-18-24(19-17-23)25-8-6-9-26(20-25)27-10-7-11-28(21-27)33-22-36-34-31-14-4-2-12-29(31)30-13-3-5-15-32(30)35(34)37-33;1-2-8-14(9-3-1)19-17-12-6-4-10-15(17)16-11-5-7-13-18(16)19/h2-22H,1H3;1-13H. The minimum atomic E-state index is 0.879. The van der Waals surface area contributed by atoms with Crippen molar-refractivity contribution in [3.63, 3.8) is 0 Å². The summed E-state index contributed by atoms with van der Waals surface area (Å²) in [5.41, 5.74) is 13.6. The first kappa shape index (κ1) is 33.2. The van der Waals surface area contributed by atoms with Crippen LogP contribution in [0.25, 0.3) is 93.6 Å². The molecule has 0 radical (unpaired) electrons. The SMILES string of the molecule is Cc1ccc(-c2cccc(-c3cccc(-c4cnc5c6ccccc6c6ccccc6c5n4)c3)c2)cc1.c1ccc(-n2c3ccccc3c3ccccc32)cc1. The topological polar surface area (TPSA) is 30.7 Å². The van der Waals surface area contributed by atoms with Crippen molar-refractivity contribution in [3.05, 3.63) is 212 Å². The van der Waals surface area contributed by atoms with Gasteiger partial charge in [-0.3, -0.25) is 4.98 Å². The molecule has 0 amide bonds. The van der Waals surface area contributed by atoms with Crippen LogP contribution in [0.2, 0.25) is 0 Å². The normalized spacial score (nSPS) is 11.3. The zero-order chi connectivity index (χ0) is 37.4. The number of aromatic nitrogens is 3. The largest absolute Gasteiger partial charge is 0.309 e. The summed E-state index contributed by atoms with van der Waals surface area (Å²) in [6.45, 7) is 2.12. The highest BCUT2D eigenvalue weighted by Crippen LogP contribution is 2.35. The lowest BCUT2D eigenvalue weighted by Crippen LogP contribution is -1.92. The van der Waals surface area contributed by atoms with E-state index in [0.29, 0.717) is 0 Å². The van der Waals surface area contributed by atoms with Crippen LogP contribution < -0.4 is 0 Å². The molecule has 0 bridgehead atoms. The van der Waals surface area contributed by atoms with Gasteiger partial charge in [0, 0.05) is 32.8 Å². The molecule has 0 atom stereocenters. The summed E-state index contributed by atoms with van der Waals surface area (Å²) >= 11 is 0. The summed E-state index contributed by atoms with van der Waals surface area (Å²) in [6, 6.07) is 70.6. The minimum absolute atomic E-state index is 0.879. The molecule has 0 spiro atoms. The van der Waals surface area contributed by atoms with E-state index in [1.54, 1.807) is 0 Å². The molecule has 0 aliphatic rings. The molecule has 0 fully saturated rings. The second kappa shape index (κ2) is 14.1. The Balaban J connectivity index is 0.000000169. The van der Waals surface area contributed by atoms with E-state index in [-0.39, 0.29) is 0 Å². The van der Waals surface area contributed by atoms with Crippen LogP contribution in [0.1, 0.15) is 5.56 Å². The van der Waals surface area contributed by atoms with Crippen LogP contribution in [0.4, 0.5) is 0 Å². The molecule has 9 aromatic carbocycles. The van der Waals surface area contributed by atoms with Crippen molar-refractivity contribution in [2.24, 2.45) is 0 Å². The fraction of sp³-hybridized carbons (Fsp3) is 0.0189. The molecule has 3 nitrogen and oxygen atoms in total. The molecule has 0 saturated heterocycles. The van der Waals surface area contributed by atoms with Gasteiger partial charge in [0.25, 0.3) is 0 Å². The first-order valence-electron chi connectivity index (χ1n) is 19.1. The fourth-order valence-electron chi connectivity index (χ4n) is 8.02. The summed E-state index contributed by atoms with van der Waals surface area (Å²) in [5.74, 6) is 0. The zero-order valence-electron chi connectivity index (χ0n) is 31.0. The van der Waals surface area contributed by atoms with Gasteiger partial charge >= 0.3 is 0 Å². The van der Waals surface area contributed by atoms with Crippen molar-refractivity contribution >= 4 is 54.4 Å². The number of rotatable bonds is 4. The first-order valence-corrected chi connectivity index (χ1v) is 19.1. The van der Waals surface area contributed by atoms with Gasteiger partial charge in [0.2, 0.25) is 0 Å². The Morgan fingerprint density at radius 3 is 1.43 bits per heavy atom. The van der Waals surface area contributed by atoms with Crippen LogP contribution in [-0.4, -0.2) is 14.5 Å². The van der Waals surface area contributed by atoms with E-state index in [2.05, 4.69) is 212 Å². The lowest BCUT2D eigenvalue weighted by Gasteiger charge is -2.11. The molecule has 56 heavy (non-hydrogen) atoms. The smallest absolute Gasteiger partial charge is 0.0979 e. The Labute approximate surface area is 325 Å². The van der Waals surface area contributed by atoms with Gasteiger partial charge in [0.15, 0.2) is 0 Å². The average molecular weight is 716 g/mol. The van der Waals surface area contributed by atoms with Crippen molar-refractivity contribution in [1.82, 2.24) is 14.5 Å². The zero-order valence-corrected chi connectivity index (χ0v) is 31.0. The fourth-order valence-corrected chi connectivity index (χ4v) is 8.02. The van der Waals surface area contributed by atoms with E-state index >= 15 is 0 Å². The minimum Gasteiger partial charge on any atom is -0.309 e. The molecule has 264 valence electrons. The van der Waals surface area contributed by atoms with Crippen LogP contribution >= 0.6 is 0 Å². The average Bonchev–Trinajstić information content (AvgIpc) is 3.62. The highest BCUT2D eigenvalue weighted by Gasteiger charge is 2.13. The van der Waals surface area contributed by atoms with Crippen molar-refractivity contribution in [3.8, 4) is 39.2 Å². The number of para-hydroxylation sites is 3. The molecule has 2 heterocycles. The predicted octanol–water partition coefficient (Wildman–Crippen LogP) is 14.0. The summed E-state index contributed by atoms with van der Waals surface area (Å²) in [7, 11) is 0. The van der Waals surface area contributed by atoms with E-state index in [1.165, 1.54) is 60.5 Å². The van der Waals surface area contributed by atoms with E-state index in [1.807, 2.05) is 6.20 Å². The van der Waals surface area contributed by atoms with Gasteiger partial charge in [-0.25, -0.2) is 4.98 Å². The summed E-state index contributed by atoms with van der Waals surface area (Å²) in [5, 5.41) is 7.30. The Kier molecular flexibility index (Phi) is 8.38. The molecule has 11 rings (SSSR count). The van der Waals surface area contributed by atoms with Crippen molar-refractivity contribution in [2.75, 3.05) is 0 Å². The Morgan fingerprint density at radius 1 is 0.357 bits per heavy atom. The molecular weight excluding hydrogens is 679 g/mol. The molecule has 0 aliphatic heterocycles. The van der Waals surface area contributed by atoms with E-state index in [9.17, 15) is 0 Å². The van der Waals surface area contributed by atoms with Gasteiger partial charge in [-0.2, -0.15) is 0 Å². The maximum atomic E-state index is 5.17. The number of aryl methyl sites for hydroxylation is 1. The van der Waals surface area contributed by atoms with Gasteiger partial charge < -0.3 is 4.57 Å². The lowest BCUT2D eigenvalue weighted by atomic mass is 9.97. The highest BCUT2D eigenvalue weighted by atomic mass is 15.0. The molecular formula is C53H37N3. The third-order valence-electron chi connectivity index (χ3n) is 10.8. The quantitative estimate of drug-likeness (QED) is 0.170. The summed E-state index contributed by atoms with van der Waals surface area (Å²) < 4.78 is 2.32. The van der Waals surface area contributed by atoms with Gasteiger partial charge in [-0.05, 0) is 76.3 Å². The Bertz CT molecular complexity index is 3110. The van der Waals surface area contributed by atoms with Crippen LogP contribution in [-0.2, 0) is 0 Å². The van der Waals surface area contributed by atoms with E-state index < -0.39 is 0 Å². The maximum Gasteiger partial charge on any atom is 0.0979 e. The van der Waals surface area contributed by atoms with Crippen molar-refractivity contribution in [1.29, 1.82) is 0 Å². The predicted molar refractivity (Wildman–Crippen MR) is 236 cm³/mol. The lowest BCUT2D eigenvalue weighted by molar-refractivity contribution is 1.18. The van der Waals surface area contributed by atoms with Crippen LogP contribution in [0.3, 0.4) is 0 Å². The van der Waals surface area contributed by atoms with Gasteiger partial charge in [0.05, 0.1) is 34.0 Å². The summed E-state index contributed by atoms with van der Waals surface area (Å²) in [6.07, 6.45) is 1.91. The monoisotopic (exact) mass is 715 g/mol. The molecule has 0 N–H and O–H groups in total. The van der Waals surface area contributed by atoms with Crippen LogP contribution in [0.15, 0.2) is 206 Å².